The fourth-order valence-corrected chi connectivity index (χ4v) is 6.62. The Balaban J connectivity index is 3.82. The SMILES string of the molecule is CC/C=C/C=C/C=C/CCCCCCCC(=O)OC(COC(=O)CCCCCCCCCCCCCCCCCCCCCCCC)COP(=O)(O)O. The number of unbranched alkanes of at least 4 members (excludes halogenated alkanes) is 26. The zero-order chi connectivity index (χ0) is 38.9. The minimum absolute atomic E-state index is 0.190. The zero-order valence-electron chi connectivity index (χ0n) is 34.2. The molecule has 1 atom stereocenters. The molecule has 0 rings (SSSR count). The second-order valence-electron chi connectivity index (χ2n) is 14.7. The summed E-state index contributed by atoms with van der Waals surface area (Å²) < 4.78 is 26.4. The van der Waals surface area contributed by atoms with Crippen LogP contribution in [0.15, 0.2) is 36.5 Å². The van der Waals surface area contributed by atoms with Gasteiger partial charge >= 0.3 is 19.8 Å². The number of carbonyl (C=O) groups is 2. The monoisotopic (exact) mass is 769 g/mol. The van der Waals surface area contributed by atoms with Crippen molar-refractivity contribution in [1.82, 2.24) is 0 Å². The first-order valence-electron chi connectivity index (χ1n) is 21.8. The lowest BCUT2D eigenvalue weighted by atomic mass is 10.0. The van der Waals surface area contributed by atoms with Gasteiger partial charge in [0.1, 0.15) is 6.61 Å². The Morgan fingerprint density at radius 3 is 1.34 bits per heavy atom. The second-order valence-corrected chi connectivity index (χ2v) is 16.0. The van der Waals surface area contributed by atoms with Crippen molar-refractivity contribution in [3.63, 3.8) is 0 Å². The average Bonchev–Trinajstić information content (AvgIpc) is 3.13. The molecule has 0 aromatic carbocycles. The molecule has 0 aliphatic heterocycles. The van der Waals surface area contributed by atoms with E-state index in [0.717, 1.165) is 57.8 Å². The van der Waals surface area contributed by atoms with E-state index >= 15 is 0 Å². The number of ether oxygens (including phenoxy) is 2. The molecule has 8 nitrogen and oxygen atoms in total. The van der Waals surface area contributed by atoms with Gasteiger partial charge in [-0.05, 0) is 32.1 Å². The summed E-state index contributed by atoms with van der Waals surface area (Å²) in [6.45, 7) is 3.55. The van der Waals surface area contributed by atoms with Gasteiger partial charge in [0.15, 0.2) is 6.10 Å². The zero-order valence-corrected chi connectivity index (χ0v) is 35.1. The van der Waals surface area contributed by atoms with E-state index in [2.05, 4.69) is 36.6 Å². The molecule has 1 unspecified atom stereocenters. The maximum Gasteiger partial charge on any atom is 0.469 e. The summed E-state index contributed by atoms with van der Waals surface area (Å²) in [5, 5.41) is 0. The van der Waals surface area contributed by atoms with Crippen molar-refractivity contribution in [2.24, 2.45) is 0 Å². The Morgan fingerprint density at radius 1 is 0.509 bits per heavy atom. The summed E-state index contributed by atoms with van der Waals surface area (Å²) in [6, 6.07) is 0. The Labute approximate surface area is 325 Å². The van der Waals surface area contributed by atoms with E-state index < -0.39 is 32.5 Å². The van der Waals surface area contributed by atoms with Crippen molar-refractivity contribution < 1.29 is 37.9 Å². The average molecular weight is 769 g/mol. The van der Waals surface area contributed by atoms with E-state index in [4.69, 9.17) is 19.3 Å². The highest BCUT2D eigenvalue weighted by atomic mass is 31.2. The first-order valence-corrected chi connectivity index (χ1v) is 23.3. The third-order valence-corrected chi connectivity index (χ3v) is 9.97. The smallest absolute Gasteiger partial charge is 0.462 e. The van der Waals surface area contributed by atoms with Crippen molar-refractivity contribution in [3.8, 4) is 0 Å². The Morgan fingerprint density at radius 2 is 0.906 bits per heavy atom. The van der Waals surface area contributed by atoms with Gasteiger partial charge in [-0.1, -0.05) is 204 Å². The Bertz CT molecular complexity index is 957. The molecule has 0 heterocycles. The standard InChI is InChI=1S/C44H81O8P/c1-3-5-7-9-11-13-15-17-18-19-20-21-22-23-24-25-27-28-30-32-34-36-38-43(45)50-40-42(41-51-53(47,48)49)52-44(46)39-37-35-33-31-29-26-16-14-12-10-8-6-4-2/h6,8,10,12,14,16,42H,3-5,7,9,11,13,15,17-41H2,1-2H3,(H2,47,48,49)/b8-6+,12-10+,16-14+. The van der Waals surface area contributed by atoms with E-state index in [1.807, 2.05) is 18.2 Å². The van der Waals surface area contributed by atoms with Gasteiger partial charge in [0.05, 0.1) is 6.61 Å². The number of phosphoric acid groups is 1. The number of rotatable bonds is 40. The van der Waals surface area contributed by atoms with Gasteiger partial charge in [0.25, 0.3) is 0 Å². The van der Waals surface area contributed by atoms with Crippen LogP contribution >= 0.6 is 7.82 Å². The molecular formula is C44H81O8P. The minimum atomic E-state index is -4.76. The van der Waals surface area contributed by atoms with Crippen molar-refractivity contribution in [2.75, 3.05) is 13.2 Å². The van der Waals surface area contributed by atoms with Crippen LogP contribution in [-0.2, 0) is 28.2 Å². The number of carbonyl (C=O) groups excluding carboxylic acids is 2. The summed E-state index contributed by atoms with van der Waals surface area (Å²) in [4.78, 5) is 42.8. The molecule has 0 saturated carbocycles. The molecule has 0 aromatic heterocycles. The van der Waals surface area contributed by atoms with Gasteiger partial charge in [-0.2, -0.15) is 0 Å². The maximum absolute atomic E-state index is 12.4. The molecule has 310 valence electrons. The van der Waals surface area contributed by atoms with Gasteiger partial charge in [0.2, 0.25) is 0 Å². The lowest BCUT2D eigenvalue weighted by molar-refractivity contribution is -0.161. The highest BCUT2D eigenvalue weighted by molar-refractivity contribution is 7.46. The van der Waals surface area contributed by atoms with E-state index in [1.165, 1.54) is 122 Å². The molecular weight excluding hydrogens is 687 g/mol. The van der Waals surface area contributed by atoms with Crippen LogP contribution in [0.5, 0.6) is 0 Å². The molecule has 0 aliphatic carbocycles. The number of hydrogen-bond donors (Lipinski definition) is 2. The van der Waals surface area contributed by atoms with Gasteiger partial charge < -0.3 is 19.3 Å². The van der Waals surface area contributed by atoms with Crippen LogP contribution in [0.1, 0.15) is 213 Å². The first-order chi connectivity index (χ1) is 25.8. The van der Waals surface area contributed by atoms with E-state index in [-0.39, 0.29) is 19.4 Å². The predicted octanol–water partition coefficient (Wildman–Crippen LogP) is 13.4. The van der Waals surface area contributed by atoms with Crippen LogP contribution in [0.3, 0.4) is 0 Å². The lowest BCUT2D eigenvalue weighted by Gasteiger charge is -2.18. The van der Waals surface area contributed by atoms with Gasteiger partial charge in [-0.15, -0.1) is 0 Å². The quantitative estimate of drug-likeness (QED) is 0.0274. The number of allylic oxidation sites excluding steroid dienone is 6. The number of phosphoric ester groups is 1. The third-order valence-electron chi connectivity index (χ3n) is 9.48. The van der Waals surface area contributed by atoms with Crippen LogP contribution in [0, 0.1) is 0 Å². The van der Waals surface area contributed by atoms with Crippen molar-refractivity contribution in [1.29, 1.82) is 0 Å². The summed E-state index contributed by atoms with van der Waals surface area (Å²) in [7, 11) is -4.76. The van der Waals surface area contributed by atoms with Gasteiger partial charge in [0, 0.05) is 12.8 Å². The second kappa shape index (κ2) is 39.9. The summed E-state index contributed by atoms with van der Waals surface area (Å²) in [6.07, 6.45) is 47.4. The fourth-order valence-electron chi connectivity index (χ4n) is 6.26. The normalized spacial score (nSPS) is 12.8. The molecule has 0 saturated heterocycles. The topological polar surface area (TPSA) is 119 Å². The van der Waals surface area contributed by atoms with Gasteiger partial charge in [-0.25, -0.2) is 4.57 Å². The van der Waals surface area contributed by atoms with E-state index in [9.17, 15) is 14.2 Å². The van der Waals surface area contributed by atoms with Crippen molar-refractivity contribution in [3.05, 3.63) is 36.5 Å². The molecule has 0 fully saturated rings. The fraction of sp³-hybridized carbons (Fsp3) is 0.818. The number of hydrogen-bond acceptors (Lipinski definition) is 6. The molecule has 0 bridgehead atoms. The number of esters is 2. The minimum Gasteiger partial charge on any atom is -0.462 e. The summed E-state index contributed by atoms with van der Waals surface area (Å²) in [5.41, 5.74) is 0. The highest BCUT2D eigenvalue weighted by Crippen LogP contribution is 2.36. The van der Waals surface area contributed by atoms with Crippen LogP contribution in [0.4, 0.5) is 0 Å². The summed E-state index contributed by atoms with van der Waals surface area (Å²) in [5.74, 6) is -0.901. The molecule has 0 amide bonds. The first kappa shape index (κ1) is 51.3. The molecule has 0 aromatic rings. The lowest BCUT2D eigenvalue weighted by Crippen LogP contribution is -2.29. The molecule has 0 spiro atoms. The van der Waals surface area contributed by atoms with Crippen LogP contribution in [0.2, 0.25) is 0 Å². The van der Waals surface area contributed by atoms with Crippen LogP contribution in [-0.4, -0.2) is 41.0 Å². The van der Waals surface area contributed by atoms with E-state index in [0.29, 0.717) is 6.42 Å². The van der Waals surface area contributed by atoms with Crippen LogP contribution in [0.25, 0.3) is 0 Å². The Kier molecular flexibility index (Phi) is 38.6. The molecule has 2 N–H and O–H groups in total. The largest absolute Gasteiger partial charge is 0.469 e. The highest BCUT2D eigenvalue weighted by Gasteiger charge is 2.22. The van der Waals surface area contributed by atoms with Crippen LogP contribution < -0.4 is 0 Å². The summed E-state index contributed by atoms with van der Waals surface area (Å²) >= 11 is 0. The van der Waals surface area contributed by atoms with Crippen molar-refractivity contribution in [2.45, 2.75) is 219 Å². The molecule has 53 heavy (non-hydrogen) atoms. The van der Waals surface area contributed by atoms with Gasteiger partial charge in [-0.3, -0.25) is 14.1 Å². The maximum atomic E-state index is 12.4. The van der Waals surface area contributed by atoms with Crippen molar-refractivity contribution >= 4 is 19.8 Å². The molecule has 0 radical (unpaired) electrons. The molecule has 0 aliphatic rings. The predicted molar refractivity (Wildman–Crippen MR) is 221 cm³/mol. The Hall–Kier alpha value is -1.73. The van der Waals surface area contributed by atoms with E-state index in [1.54, 1.807) is 0 Å². The molecule has 9 heteroatoms. The third kappa shape index (κ3) is 42.9.